The molecule has 1 fully saturated rings. The number of carbonyl (C=O) groups excluding carboxylic acids is 1. The van der Waals surface area contributed by atoms with Crippen molar-refractivity contribution in [1.82, 2.24) is 5.32 Å². The molecule has 4 rings (SSSR count). The predicted octanol–water partition coefficient (Wildman–Crippen LogP) is 2.48. The van der Waals surface area contributed by atoms with Crippen LogP contribution in [0.15, 0.2) is 30.3 Å². The molecule has 0 saturated carbocycles. The zero-order valence-electron chi connectivity index (χ0n) is 9.99. The molecule has 0 bridgehead atoms. The number of anilines is 1. The van der Waals surface area contributed by atoms with E-state index in [9.17, 15) is 4.79 Å². The number of hydrogen-bond acceptors (Lipinski definition) is 2. The first-order valence-corrected chi connectivity index (χ1v) is 6.42. The van der Waals surface area contributed by atoms with Gasteiger partial charge in [0.25, 0.3) is 5.91 Å². The van der Waals surface area contributed by atoms with E-state index in [4.69, 9.17) is 0 Å². The average molecular weight is 238 g/mol. The lowest BCUT2D eigenvalue weighted by molar-refractivity contribution is 0.103. The molecule has 1 saturated heterocycles. The van der Waals surface area contributed by atoms with E-state index >= 15 is 0 Å². The first kappa shape index (κ1) is 10.1. The average Bonchev–Trinajstić information content (AvgIpc) is 3.00. The lowest BCUT2D eigenvalue weighted by Crippen LogP contribution is -2.08. The number of rotatable bonds is 1. The molecule has 1 atom stereocenters. The number of amides is 1. The fraction of sp³-hybridized carbons (Fsp3) is 0.267. The SMILES string of the molecule is O=C1Nc2cccc3c(C4CCNC4)ccc1c23. The quantitative estimate of drug-likeness (QED) is 0.801. The summed E-state index contributed by atoms with van der Waals surface area (Å²) < 4.78 is 0. The fourth-order valence-electron chi connectivity index (χ4n) is 3.19. The molecule has 2 N–H and O–H groups in total. The van der Waals surface area contributed by atoms with Gasteiger partial charge in [-0.1, -0.05) is 18.2 Å². The van der Waals surface area contributed by atoms with Crippen LogP contribution in [-0.4, -0.2) is 19.0 Å². The van der Waals surface area contributed by atoms with Gasteiger partial charge in [0, 0.05) is 23.2 Å². The number of benzene rings is 2. The van der Waals surface area contributed by atoms with E-state index in [2.05, 4.69) is 22.8 Å². The molecule has 2 aliphatic rings. The van der Waals surface area contributed by atoms with Crippen molar-refractivity contribution in [1.29, 1.82) is 0 Å². The number of carbonyl (C=O) groups is 1. The van der Waals surface area contributed by atoms with Crippen molar-refractivity contribution in [3.8, 4) is 0 Å². The van der Waals surface area contributed by atoms with Gasteiger partial charge in [0.05, 0.1) is 0 Å². The molecule has 2 heterocycles. The molecular weight excluding hydrogens is 224 g/mol. The van der Waals surface area contributed by atoms with E-state index in [0.29, 0.717) is 5.92 Å². The summed E-state index contributed by atoms with van der Waals surface area (Å²) in [6, 6.07) is 10.2. The minimum absolute atomic E-state index is 0.0253. The molecule has 3 heteroatoms. The van der Waals surface area contributed by atoms with Gasteiger partial charge in [0.2, 0.25) is 0 Å². The van der Waals surface area contributed by atoms with Gasteiger partial charge in [-0.15, -0.1) is 0 Å². The molecule has 0 aliphatic carbocycles. The van der Waals surface area contributed by atoms with Gasteiger partial charge >= 0.3 is 0 Å². The highest BCUT2D eigenvalue weighted by Crippen LogP contribution is 2.38. The Labute approximate surface area is 105 Å². The van der Waals surface area contributed by atoms with Crippen LogP contribution in [0.25, 0.3) is 10.8 Å². The van der Waals surface area contributed by atoms with Gasteiger partial charge in [-0.25, -0.2) is 0 Å². The van der Waals surface area contributed by atoms with Crippen LogP contribution in [-0.2, 0) is 0 Å². The highest BCUT2D eigenvalue weighted by molar-refractivity contribution is 6.24. The molecule has 1 unspecified atom stereocenters. The Morgan fingerprint density at radius 3 is 2.94 bits per heavy atom. The third kappa shape index (κ3) is 1.25. The minimum Gasteiger partial charge on any atom is -0.321 e. The fourth-order valence-corrected chi connectivity index (χ4v) is 3.19. The van der Waals surface area contributed by atoms with Crippen molar-refractivity contribution in [2.75, 3.05) is 18.4 Å². The van der Waals surface area contributed by atoms with Crippen LogP contribution >= 0.6 is 0 Å². The summed E-state index contributed by atoms with van der Waals surface area (Å²) in [7, 11) is 0. The zero-order valence-corrected chi connectivity index (χ0v) is 9.99. The summed E-state index contributed by atoms with van der Waals surface area (Å²) in [4.78, 5) is 11.9. The normalized spacial score (nSPS) is 21.6. The minimum atomic E-state index is 0.0253. The Balaban J connectivity index is 2.01. The van der Waals surface area contributed by atoms with Crippen LogP contribution in [0.4, 0.5) is 5.69 Å². The van der Waals surface area contributed by atoms with E-state index < -0.39 is 0 Å². The second-order valence-corrected chi connectivity index (χ2v) is 5.07. The summed E-state index contributed by atoms with van der Waals surface area (Å²) in [6.45, 7) is 2.13. The smallest absolute Gasteiger partial charge is 0.256 e. The number of nitrogens with one attached hydrogen (secondary N) is 2. The zero-order chi connectivity index (χ0) is 12.1. The van der Waals surface area contributed by atoms with Gasteiger partial charge in [0.15, 0.2) is 0 Å². The molecule has 18 heavy (non-hydrogen) atoms. The van der Waals surface area contributed by atoms with Gasteiger partial charge in [-0.05, 0) is 42.0 Å². The molecule has 0 radical (unpaired) electrons. The van der Waals surface area contributed by atoms with Crippen molar-refractivity contribution < 1.29 is 4.79 Å². The summed E-state index contributed by atoms with van der Waals surface area (Å²) in [6.07, 6.45) is 1.18. The highest BCUT2D eigenvalue weighted by Gasteiger charge is 2.25. The third-order valence-corrected chi connectivity index (χ3v) is 4.07. The molecule has 2 aliphatic heterocycles. The van der Waals surface area contributed by atoms with Crippen molar-refractivity contribution >= 4 is 22.4 Å². The molecule has 2 aromatic rings. The Kier molecular flexibility index (Phi) is 2.00. The van der Waals surface area contributed by atoms with Crippen LogP contribution in [0.2, 0.25) is 0 Å². The van der Waals surface area contributed by atoms with E-state index in [1.165, 1.54) is 17.4 Å². The van der Waals surface area contributed by atoms with Gasteiger partial charge in [-0.2, -0.15) is 0 Å². The molecule has 2 aromatic carbocycles. The molecular formula is C15H14N2O. The summed E-state index contributed by atoms with van der Waals surface area (Å²) in [5.41, 5.74) is 3.15. The number of hydrogen-bond donors (Lipinski definition) is 2. The lowest BCUT2D eigenvalue weighted by atomic mass is 9.91. The van der Waals surface area contributed by atoms with Crippen molar-refractivity contribution in [2.45, 2.75) is 12.3 Å². The monoisotopic (exact) mass is 238 g/mol. The van der Waals surface area contributed by atoms with Gasteiger partial charge in [0.1, 0.15) is 0 Å². The summed E-state index contributed by atoms with van der Waals surface area (Å²) >= 11 is 0. The maximum absolute atomic E-state index is 11.9. The first-order valence-electron chi connectivity index (χ1n) is 6.42. The van der Waals surface area contributed by atoms with Crippen LogP contribution in [0.1, 0.15) is 28.3 Å². The Bertz CT molecular complexity index is 657. The van der Waals surface area contributed by atoms with E-state index in [1.54, 1.807) is 0 Å². The van der Waals surface area contributed by atoms with Crippen molar-refractivity contribution in [3.63, 3.8) is 0 Å². The molecule has 1 amide bonds. The van der Waals surface area contributed by atoms with Crippen LogP contribution in [0.3, 0.4) is 0 Å². The molecule has 0 spiro atoms. The predicted molar refractivity (Wildman–Crippen MR) is 72.1 cm³/mol. The second kappa shape index (κ2) is 3.56. The molecule has 3 nitrogen and oxygen atoms in total. The lowest BCUT2D eigenvalue weighted by Gasteiger charge is -2.13. The Hall–Kier alpha value is -1.87. The van der Waals surface area contributed by atoms with Gasteiger partial charge < -0.3 is 10.6 Å². The highest BCUT2D eigenvalue weighted by atomic mass is 16.1. The summed E-state index contributed by atoms with van der Waals surface area (Å²) in [5.74, 6) is 0.599. The first-order chi connectivity index (χ1) is 8.84. The molecule has 0 aromatic heterocycles. The van der Waals surface area contributed by atoms with E-state index in [1.807, 2.05) is 18.2 Å². The van der Waals surface area contributed by atoms with Crippen LogP contribution in [0.5, 0.6) is 0 Å². The largest absolute Gasteiger partial charge is 0.321 e. The van der Waals surface area contributed by atoms with Gasteiger partial charge in [-0.3, -0.25) is 4.79 Å². The Morgan fingerprint density at radius 2 is 2.11 bits per heavy atom. The standard InChI is InChI=1S/C15H14N2O/c18-15-12-5-4-10(9-6-7-16-8-9)11-2-1-3-13(17-15)14(11)12/h1-5,9,16H,6-8H2,(H,17,18). The maximum atomic E-state index is 11.9. The van der Waals surface area contributed by atoms with Crippen molar-refractivity contribution in [2.24, 2.45) is 0 Å². The van der Waals surface area contributed by atoms with E-state index in [0.717, 1.165) is 29.7 Å². The van der Waals surface area contributed by atoms with Crippen molar-refractivity contribution in [3.05, 3.63) is 41.5 Å². The van der Waals surface area contributed by atoms with E-state index in [-0.39, 0.29) is 5.91 Å². The summed E-state index contributed by atoms with van der Waals surface area (Å²) in [5, 5.41) is 8.68. The second-order valence-electron chi connectivity index (χ2n) is 5.07. The maximum Gasteiger partial charge on any atom is 0.256 e. The topological polar surface area (TPSA) is 41.1 Å². The third-order valence-electron chi connectivity index (χ3n) is 4.07. The van der Waals surface area contributed by atoms with Crippen LogP contribution in [0, 0.1) is 0 Å². The Morgan fingerprint density at radius 1 is 1.17 bits per heavy atom. The molecule has 90 valence electrons. The van der Waals surface area contributed by atoms with Crippen LogP contribution < -0.4 is 10.6 Å².